The standard InChI is InChI=1S/C14H19NO/c1-2-16-14-10-8-13(9-11-14)15-12-6-4-3-5-7-12/h8-11H,2-7H2,1H3. The summed E-state index contributed by atoms with van der Waals surface area (Å²) >= 11 is 0. The Morgan fingerprint density at radius 1 is 1.06 bits per heavy atom. The molecule has 1 aliphatic carbocycles. The zero-order chi connectivity index (χ0) is 11.2. The molecule has 0 radical (unpaired) electrons. The van der Waals surface area contributed by atoms with Gasteiger partial charge in [0, 0.05) is 5.71 Å². The van der Waals surface area contributed by atoms with E-state index in [1.165, 1.54) is 37.8 Å². The summed E-state index contributed by atoms with van der Waals surface area (Å²) < 4.78 is 5.40. The Hall–Kier alpha value is -1.31. The molecule has 1 fully saturated rings. The van der Waals surface area contributed by atoms with Crippen molar-refractivity contribution in [3.63, 3.8) is 0 Å². The highest BCUT2D eigenvalue weighted by atomic mass is 16.5. The van der Waals surface area contributed by atoms with Gasteiger partial charge in [0.05, 0.1) is 12.3 Å². The summed E-state index contributed by atoms with van der Waals surface area (Å²) in [7, 11) is 0. The van der Waals surface area contributed by atoms with Gasteiger partial charge in [-0.1, -0.05) is 6.42 Å². The highest BCUT2D eigenvalue weighted by molar-refractivity contribution is 5.87. The zero-order valence-corrected chi connectivity index (χ0v) is 9.91. The highest BCUT2D eigenvalue weighted by Crippen LogP contribution is 2.22. The monoisotopic (exact) mass is 217 g/mol. The maximum atomic E-state index is 5.40. The van der Waals surface area contributed by atoms with Crippen molar-refractivity contribution in [1.82, 2.24) is 0 Å². The van der Waals surface area contributed by atoms with Gasteiger partial charge in [0.15, 0.2) is 0 Å². The molecular weight excluding hydrogens is 198 g/mol. The van der Waals surface area contributed by atoms with Crippen LogP contribution in [0.4, 0.5) is 5.69 Å². The fraction of sp³-hybridized carbons (Fsp3) is 0.500. The lowest BCUT2D eigenvalue weighted by Gasteiger charge is -2.12. The molecule has 0 bridgehead atoms. The molecule has 0 unspecified atom stereocenters. The van der Waals surface area contributed by atoms with Crippen LogP contribution in [0.15, 0.2) is 29.3 Å². The molecule has 2 rings (SSSR count). The van der Waals surface area contributed by atoms with Crippen LogP contribution in [0, 0.1) is 0 Å². The first kappa shape index (κ1) is 11.2. The summed E-state index contributed by atoms with van der Waals surface area (Å²) in [6, 6.07) is 8.05. The van der Waals surface area contributed by atoms with Crippen molar-refractivity contribution in [2.75, 3.05) is 6.61 Å². The van der Waals surface area contributed by atoms with Crippen molar-refractivity contribution in [1.29, 1.82) is 0 Å². The first-order valence-corrected chi connectivity index (χ1v) is 6.18. The molecule has 0 N–H and O–H groups in total. The lowest BCUT2D eigenvalue weighted by Crippen LogP contribution is -2.03. The van der Waals surface area contributed by atoms with Crippen LogP contribution in [0.2, 0.25) is 0 Å². The number of hydrogen-bond donors (Lipinski definition) is 0. The molecule has 0 spiro atoms. The van der Waals surface area contributed by atoms with Gasteiger partial charge >= 0.3 is 0 Å². The first-order valence-electron chi connectivity index (χ1n) is 6.18. The molecule has 2 nitrogen and oxygen atoms in total. The Bertz CT molecular complexity index is 346. The van der Waals surface area contributed by atoms with Crippen molar-refractivity contribution in [2.45, 2.75) is 39.0 Å². The number of hydrogen-bond acceptors (Lipinski definition) is 2. The van der Waals surface area contributed by atoms with E-state index in [4.69, 9.17) is 4.74 Å². The van der Waals surface area contributed by atoms with Crippen LogP contribution in [0.5, 0.6) is 5.75 Å². The predicted molar refractivity (Wildman–Crippen MR) is 67.8 cm³/mol. The average Bonchev–Trinajstić information content (AvgIpc) is 2.33. The Morgan fingerprint density at radius 2 is 1.75 bits per heavy atom. The fourth-order valence-electron chi connectivity index (χ4n) is 2.04. The number of nitrogens with zero attached hydrogens (tertiary/aromatic N) is 1. The number of aliphatic imine (C=N–C) groups is 1. The van der Waals surface area contributed by atoms with Gasteiger partial charge in [0.1, 0.15) is 5.75 Å². The largest absolute Gasteiger partial charge is 0.494 e. The molecule has 0 aliphatic heterocycles. The van der Waals surface area contributed by atoms with Crippen LogP contribution in [0.25, 0.3) is 0 Å². The number of benzene rings is 1. The van der Waals surface area contributed by atoms with Gasteiger partial charge < -0.3 is 4.74 Å². The van der Waals surface area contributed by atoms with Crippen molar-refractivity contribution >= 4 is 11.4 Å². The van der Waals surface area contributed by atoms with Crippen molar-refractivity contribution in [2.24, 2.45) is 4.99 Å². The maximum absolute atomic E-state index is 5.40. The molecule has 0 amide bonds. The summed E-state index contributed by atoms with van der Waals surface area (Å²) in [6.45, 7) is 2.71. The summed E-state index contributed by atoms with van der Waals surface area (Å²) in [5, 5.41) is 0. The first-order chi connectivity index (χ1) is 7.88. The van der Waals surface area contributed by atoms with Crippen molar-refractivity contribution in [3.8, 4) is 5.75 Å². The van der Waals surface area contributed by atoms with E-state index < -0.39 is 0 Å². The highest BCUT2D eigenvalue weighted by Gasteiger charge is 2.06. The summed E-state index contributed by atoms with van der Waals surface area (Å²) in [5.74, 6) is 0.926. The molecule has 2 heteroatoms. The van der Waals surface area contributed by atoms with Crippen LogP contribution < -0.4 is 4.74 Å². The van der Waals surface area contributed by atoms with Gasteiger partial charge in [-0.05, 0) is 56.9 Å². The zero-order valence-electron chi connectivity index (χ0n) is 9.91. The van der Waals surface area contributed by atoms with Gasteiger partial charge in [-0.3, -0.25) is 4.99 Å². The SMILES string of the molecule is CCOc1ccc(N=C2CCCCC2)cc1. The molecular formula is C14H19NO. The Labute approximate surface area is 97.4 Å². The summed E-state index contributed by atoms with van der Waals surface area (Å²) in [5.41, 5.74) is 2.41. The van der Waals surface area contributed by atoms with E-state index in [-0.39, 0.29) is 0 Å². The molecule has 0 aromatic heterocycles. The van der Waals surface area contributed by atoms with Gasteiger partial charge in [0.2, 0.25) is 0 Å². The maximum Gasteiger partial charge on any atom is 0.119 e. The molecule has 0 atom stereocenters. The van der Waals surface area contributed by atoms with Crippen molar-refractivity contribution in [3.05, 3.63) is 24.3 Å². The second-order valence-corrected chi connectivity index (χ2v) is 4.17. The second kappa shape index (κ2) is 5.69. The van der Waals surface area contributed by atoms with Crippen molar-refractivity contribution < 1.29 is 4.74 Å². The minimum absolute atomic E-state index is 0.716. The van der Waals surface area contributed by atoms with E-state index in [0.29, 0.717) is 6.61 Å². The third-order valence-corrected chi connectivity index (χ3v) is 2.87. The van der Waals surface area contributed by atoms with E-state index in [9.17, 15) is 0 Å². The van der Waals surface area contributed by atoms with Crippen LogP contribution in [-0.4, -0.2) is 12.3 Å². The minimum Gasteiger partial charge on any atom is -0.494 e. The quantitative estimate of drug-likeness (QED) is 0.746. The third-order valence-electron chi connectivity index (χ3n) is 2.87. The van der Waals surface area contributed by atoms with Gasteiger partial charge in [0.25, 0.3) is 0 Å². The summed E-state index contributed by atoms with van der Waals surface area (Å²) in [4.78, 5) is 4.68. The smallest absolute Gasteiger partial charge is 0.119 e. The molecule has 0 heterocycles. The molecule has 1 saturated carbocycles. The van der Waals surface area contributed by atoms with Gasteiger partial charge in [-0.25, -0.2) is 0 Å². The Kier molecular flexibility index (Phi) is 3.97. The van der Waals surface area contributed by atoms with Gasteiger partial charge in [-0.2, -0.15) is 0 Å². The molecule has 1 aromatic carbocycles. The third kappa shape index (κ3) is 3.09. The van der Waals surface area contributed by atoms with Crippen LogP contribution in [0.3, 0.4) is 0 Å². The average molecular weight is 217 g/mol. The summed E-state index contributed by atoms with van der Waals surface area (Å²) in [6.07, 6.45) is 6.31. The molecule has 1 aliphatic rings. The van der Waals surface area contributed by atoms with E-state index >= 15 is 0 Å². The van der Waals surface area contributed by atoms with E-state index in [0.717, 1.165) is 11.4 Å². The van der Waals surface area contributed by atoms with E-state index in [2.05, 4.69) is 4.99 Å². The van der Waals surface area contributed by atoms with E-state index in [1.807, 2.05) is 31.2 Å². The van der Waals surface area contributed by atoms with Crippen LogP contribution in [0.1, 0.15) is 39.0 Å². The fourth-order valence-corrected chi connectivity index (χ4v) is 2.04. The number of rotatable bonds is 3. The Morgan fingerprint density at radius 3 is 2.38 bits per heavy atom. The Balaban J connectivity index is 2.03. The molecule has 0 saturated heterocycles. The normalized spacial score (nSPS) is 15.9. The van der Waals surface area contributed by atoms with Gasteiger partial charge in [-0.15, -0.1) is 0 Å². The predicted octanol–water partition coefficient (Wildman–Crippen LogP) is 4.12. The topological polar surface area (TPSA) is 21.6 Å². The number of ether oxygens (including phenoxy) is 1. The van der Waals surface area contributed by atoms with Crippen LogP contribution in [-0.2, 0) is 0 Å². The molecule has 1 aromatic rings. The lowest BCUT2D eigenvalue weighted by atomic mass is 9.98. The molecule has 86 valence electrons. The van der Waals surface area contributed by atoms with E-state index in [1.54, 1.807) is 0 Å². The molecule has 16 heavy (non-hydrogen) atoms. The van der Waals surface area contributed by atoms with Crippen LogP contribution >= 0.6 is 0 Å². The minimum atomic E-state index is 0.716. The second-order valence-electron chi connectivity index (χ2n) is 4.17. The lowest BCUT2D eigenvalue weighted by molar-refractivity contribution is 0.340.